The summed E-state index contributed by atoms with van der Waals surface area (Å²) in [6.45, 7) is 4.81. The first kappa shape index (κ1) is 13.0. The lowest BCUT2D eigenvalue weighted by atomic mass is 10.2. The average Bonchev–Trinajstić information content (AvgIpc) is 2.61. The molecule has 0 fully saturated rings. The summed E-state index contributed by atoms with van der Waals surface area (Å²) in [5, 5.41) is 16.6. The zero-order valence-electron chi connectivity index (χ0n) is 10.4. The summed E-state index contributed by atoms with van der Waals surface area (Å²) in [6.07, 6.45) is 0.877. The second kappa shape index (κ2) is 5.86. The van der Waals surface area contributed by atoms with Gasteiger partial charge in [-0.3, -0.25) is 0 Å². The third kappa shape index (κ3) is 2.74. The largest absolute Gasteiger partial charge is 0.481 e. The number of nitrogens with zero attached hydrogens (tertiary/aromatic N) is 2. The zero-order chi connectivity index (χ0) is 12.1. The maximum absolute atomic E-state index is 8.96. The second-order valence-corrected chi connectivity index (χ2v) is 3.88. The Balaban J connectivity index is 2.83. The number of aromatic nitrogens is 2. The van der Waals surface area contributed by atoms with Gasteiger partial charge in [-0.05, 0) is 13.3 Å². The van der Waals surface area contributed by atoms with E-state index in [1.165, 1.54) is 0 Å². The Morgan fingerprint density at radius 3 is 2.75 bits per heavy atom. The fourth-order valence-corrected chi connectivity index (χ4v) is 1.66. The molecule has 0 aliphatic rings. The Morgan fingerprint density at radius 1 is 1.56 bits per heavy atom. The fourth-order valence-electron chi connectivity index (χ4n) is 1.66. The Bertz CT molecular complexity index is 336. The molecular weight excluding hydrogens is 206 g/mol. The third-order valence-corrected chi connectivity index (χ3v) is 2.60. The number of aliphatic hydroxyl groups is 1. The summed E-state index contributed by atoms with van der Waals surface area (Å²) >= 11 is 0. The lowest BCUT2D eigenvalue weighted by Gasteiger charge is -2.11. The van der Waals surface area contributed by atoms with E-state index in [1.807, 2.05) is 14.0 Å². The molecule has 92 valence electrons. The van der Waals surface area contributed by atoms with Crippen molar-refractivity contribution in [3.8, 4) is 5.88 Å². The van der Waals surface area contributed by atoms with Crippen molar-refractivity contribution in [1.29, 1.82) is 0 Å². The lowest BCUT2D eigenvalue weighted by molar-refractivity contribution is 0.250. The van der Waals surface area contributed by atoms with Crippen molar-refractivity contribution < 1.29 is 9.84 Å². The van der Waals surface area contributed by atoms with E-state index in [2.05, 4.69) is 17.3 Å². The summed E-state index contributed by atoms with van der Waals surface area (Å²) in [5.74, 6) is 0.787. The molecular formula is C11H21N3O2. The van der Waals surface area contributed by atoms with Gasteiger partial charge in [0.15, 0.2) is 0 Å². The van der Waals surface area contributed by atoms with E-state index >= 15 is 0 Å². The predicted molar refractivity (Wildman–Crippen MR) is 62.5 cm³/mol. The van der Waals surface area contributed by atoms with Gasteiger partial charge in [0.25, 0.3) is 0 Å². The first-order valence-corrected chi connectivity index (χ1v) is 5.57. The fraction of sp³-hybridized carbons (Fsp3) is 0.727. The van der Waals surface area contributed by atoms with Gasteiger partial charge in [0, 0.05) is 19.6 Å². The summed E-state index contributed by atoms with van der Waals surface area (Å²) < 4.78 is 7.07. The Hall–Kier alpha value is -1.07. The van der Waals surface area contributed by atoms with Crippen molar-refractivity contribution >= 4 is 0 Å². The highest BCUT2D eigenvalue weighted by Gasteiger charge is 2.15. The Morgan fingerprint density at radius 2 is 2.25 bits per heavy atom. The number of rotatable bonds is 6. The van der Waals surface area contributed by atoms with Crippen molar-refractivity contribution in [3.63, 3.8) is 0 Å². The number of methoxy groups -OCH3 is 1. The standard InChI is InChI=1S/C11H21N3O2/c1-5-10-9(6-12-8(2)7-15)11(16-4)14(3)13-10/h8,12,15H,5-7H2,1-4H3/t8-/m0/s1. The van der Waals surface area contributed by atoms with Crippen molar-refractivity contribution in [3.05, 3.63) is 11.3 Å². The van der Waals surface area contributed by atoms with Crippen molar-refractivity contribution in [2.75, 3.05) is 13.7 Å². The van der Waals surface area contributed by atoms with E-state index in [9.17, 15) is 0 Å². The predicted octanol–water partition coefficient (Wildman–Crippen LogP) is 0.461. The number of hydrogen-bond acceptors (Lipinski definition) is 4. The number of aliphatic hydroxyl groups excluding tert-OH is 1. The molecule has 2 N–H and O–H groups in total. The van der Waals surface area contributed by atoms with Crippen LogP contribution in [-0.4, -0.2) is 34.6 Å². The topological polar surface area (TPSA) is 59.3 Å². The van der Waals surface area contributed by atoms with Gasteiger partial charge in [-0.15, -0.1) is 0 Å². The maximum atomic E-state index is 8.96. The monoisotopic (exact) mass is 227 g/mol. The molecule has 1 aromatic heterocycles. The van der Waals surface area contributed by atoms with Crippen LogP contribution in [0.15, 0.2) is 0 Å². The summed E-state index contributed by atoms with van der Waals surface area (Å²) in [5.41, 5.74) is 2.12. The average molecular weight is 227 g/mol. The van der Waals surface area contributed by atoms with Crippen LogP contribution in [0.1, 0.15) is 25.1 Å². The van der Waals surface area contributed by atoms with Crippen LogP contribution in [-0.2, 0) is 20.0 Å². The van der Waals surface area contributed by atoms with Crippen molar-refractivity contribution in [2.24, 2.45) is 7.05 Å². The molecule has 0 radical (unpaired) electrons. The minimum Gasteiger partial charge on any atom is -0.481 e. The van der Waals surface area contributed by atoms with Crippen LogP contribution in [0.5, 0.6) is 5.88 Å². The van der Waals surface area contributed by atoms with Gasteiger partial charge in [-0.25, -0.2) is 4.68 Å². The lowest BCUT2D eigenvalue weighted by Crippen LogP contribution is -2.29. The van der Waals surface area contributed by atoms with Gasteiger partial charge in [0.1, 0.15) is 0 Å². The van der Waals surface area contributed by atoms with Crippen LogP contribution in [0.3, 0.4) is 0 Å². The first-order valence-electron chi connectivity index (χ1n) is 5.57. The number of hydrogen-bond donors (Lipinski definition) is 2. The molecule has 1 aromatic rings. The molecule has 1 rings (SSSR count). The summed E-state index contributed by atoms with van der Waals surface area (Å²) in [4.78, 5) is 0. The van der Waals surface area contributed by atoms with E-state index in [0.717, 1.165) is 23.6 Å². The molecule has 0 amide bonds. The molecule has 0 aromatic carbocycles. The van der Waals surface area contributed by atoms with Crippen LogP contribution in [0.4, 0.5) is 0 Å². The van der Waals surface area contributed by atoms with Crippen LogP contribution >= 0.6 is 0 Å². The van der Waals surface area contributed by atoms with E-state index in [-0.39, 0.29) is 12.6 Å². The molecule has 0 saturated carbocycles. The van der Waals surface area contributed by atoms with Gasteiger partial charge >= 0.3 is 0 Å². The van der Waals surface area contributed by atoms with Crippen LogP contribution < -0.4 is 10.1 Å². The van der Waals surface area contributed by atoms with Crippen molar-refractivity contribution in [1.82, 2.24) is 15.1 Å². The van der Waals surface area contributed by atoms with Gasteiger partial charge in [0.05, 0.1) is 25.0 Å². The van der Waals surface area contributed by atoms with Gasteiger partial charge in [-0.2, -0.15) is 5.10 Å². The van der Waals surface area contributed by atoms with E-state index in [4.69, 9.17) is 9.84 Å². The molecule has 0 bridgehead atoms. The second-order valence-electron chi connectivity index (χ2n) is 3.88. The zero-order valence-corrected chi connectivity index (χ0v) is 10.4. The molecule has 0 spiro atoms. The SMILES string of the molecule is CCc1nn(C)c(OC)c1CN[C@@H](C)CO. The maximum Gasteiger partial charge on any atom is 0.216 e. The normalized spacial score (nSPS) is 12.8. The minimum absolute atomic E-state index is 0.0784. The third-order valence-electron chi connectivity index (χ3n) is 2.60. The number of ether oxygens (including phenoxy) is 1. The highest BCUT2D eigenvalue weighted by Crippen LogP contribution is 2.21. The van der Waals surface area contributed by atoms with E-state index in [1.54, 1.807) is 11.8 Å². The van der Waals surface area contributed by atoms with Crippen LogP contribution in [0, 0.1) is 0 Å². The highest BCUT2D eigenvalue weighted by molar-refractivity contribution is 5.31. The molecule has 5 nitrogen and oxygen atoms in total. The van der Waals surface area contributed by atoms with Crippen LogP contribution in [0.25, 0.3) is 0 Å². The minimum atomic E-state index is 0.0784. The molecule has 0 aliphatic heterocycles. The molecule has 0 unspecified atom stereocenters. The number of nitrogens with one attached hydrogen (secondary N) is 1. The van der Waals surface area contributed by atoms with Gasteiger partial charge in [0.2, 0.25) is 5.88 Å². The van der Waals surface area contributed by atoms with Gasteiger partial charge < -0.3 is 15.2 Å². The molecule has 16 heavy (non-hydrogen) atoms. The van der Waals surface area contributed by atoms with E-state index in [0.29, 0.717) is 6.54 Å². The van der Waals surface area contributed by atoms with E-state index < -0.39 is 0 Å². The summed E-state index contributed by atoms with van der Waals surface area (Å²) in [7, 11) is 3.52. The Kier molecular flexibility index (Phi) is 4.76. The molecule has 0 saturated heterocycles. The Labute approximate surface area is 96.4 Å². The first-order chi connectivity index (χ1) is 7.63. The molecule has 0 aliphatic carbocycles. The quantitative estimate of drug-likeness (QED) is 0.741. The number of aryl methyl sites for hydroxylation is 2. The molecule has 5 heteroatoms. The van der Waals surface area contributed by atoms with Crippen LogP contribution in [0.2, 0.25) is 0 Å². The molecule has 1 atom stereocenters. The highest BCUT2D eigenvalue weighted by atomic mass is 16.5. The smallest absolute Gasteiger partial charge is 0.216 e. The van der Waals surface area contributed by atoms with Gasteiger partial charge in [-0.1, -0.05) is 6.92 Å². The van der Waals surface area contributed by atoms with Crippen molar-refractivity contribution in [2.45, 2.75) is 32.9 Å². The molecule has 1 heterocycles. The summed E-state index contributed by atoms with van der Waals surface area (Å²) in [6, 6.07) is 0.0784.